The number of methoxy groups -OCH3 is 1. The summed E-state index contributed by atoms with van der Waals surface area (Å²) in [5, 5.41) is 12.8. The smallest absolute Gasteiger partial charge is 0.137 e. The van der Waals surface area contributed by atoms with Crippen molar-refractivity contribution in [1.82, 2.24) is 29.9 Å². The fraction of sp³-hybridized carbons (Fsp3) is 0.346. The second-order valence-corrected chi connectivity index (χ2v) is 8.74. The van der Waals surface area contributed by atoms with Crippen LogP contribution in [0.25, 0.3) is 5.69 Å². The van der Waals surface area contributed by atoms with Crippen LogP contribution >= 0.6 is 0 Å². The highest BCUT2D eigenvalue weighted by molar-refractivity contribution is 5.46. The summed E-state index contributed by atoms with van der Waals surface area (Å²) in [4.78, 5) is 4.04. The Morgan fingerprint density at radius 2 is 2.06 bits per heavy atom. The van der Waals surface area contributed by atoms with E-state index in [1.165, 1.54) is 33.6 Å². The third kappa shape index (κ3) is 4.28. The van der Waals surface area contributed by atoms with E-state index in [1.54, 1.807) is 19.8 Å². The van der Waals surface area contributed by atoms with Crippen LogP contribution in [0.4, 0.5) is 0 Å². The zero-order valence-corrected chi connectivity index (χ0v) is 19.5. The van der Waals surface area contributed by atoms with Crippen molar-refractivity contribution in [3.05, 3.63) is 88.8 Å². The van der Waals surface area contributed by atoms with Gasteiger partial charge in [-0.3, -0.25) is 0 Å². The summed E-state index contributed by atoms with van der Waals surface area (Å²) in [6, 6.07) is 13.1. The molecule has 0 saturated heterocycles. The number of nitrogens with zero attached hydrogens (tertiary/aromatic N) is 5. The summed E-state index contributed by atoms with van der Waals surface area (Å²) in [5.41, 5.74) is 8.73. The van der Waals surface area contributed by atoms with Crippen molar-refractivity contribution in [2.45, 2.75) is 52.2 Å². The minimum Gasteiger partial charge on any atom is -0.496 e. The van der Waals surface area contributed by atoms with Gasteiger partial charge in [0.2, 0.25) is 0 Å². The van der Waals surface area contributed by atoms with Crippen LogP contribution < -0.4 is 10.1 Å². The number of aromatic nitrogens is 5. The predicted molar refractivity (Wildman–Crippen MR) is 128 cm³/mol. The largest absolute Gasteiger partial charge is 0.496 e. The Kier molecular flexibility index (Phi) is 5.96. The topological polar surface area (TPSA) is 69.8 Å². The number of fused-ring (bicyclic) bond motifs is 1. The fourth-order valence-electron chi connectivity index (χ4n) is 4.74. The van der Waals surface area contributed by atoms with Crippen LogP contribution in [-0.4, -0.2) is 31.7 Å². The molecule has 0 aliphatic heterocycles. The summed E-state index contributed by atoms with van der Waals surface area (Å²) >= 11 is 0. The molecule has 2 aromatic carbocycles. The molecule has 4 aromatic rings. The van der Waals surface area contributed by atoms with Gasteiger partial charge >= 0.3 is 0 Å². The Morgan fingerprint density at radius 3 is 2.88 bits per heavy atom. The number of hydrogen-bond donors (Lipinski definition) is 1. The maximum absolute atomic E-state index is 5.56. The molecule has 33 heavy (non-hydrogen) atoms. The molecular formula is C26H30N6O. The van der Waals surface area contributed by atoms with Crippen LogP contribution in [-0.2, 0) is 19.5 Å². The van der Waals surface area contributed by atoms with Crippen molar-refractivity contribution in [3.63, 3.8) is 0 Å². The van der Waals surface area contributed by atoms with E-state index in [0.717, 1.165) is 37.1 Å². The van der Waals surface area contributed by atoms with Crippen LogP contribution in [0.5, 0.6) is 5.75 Å². The number of rotatable bonds is 7. The molecule has 0 fully saturated rings. The van der Waals surface area contributed by atoms with Gasteiger partial charge in [-0.2, -0.15) is 10.2 Å². The first-order chi connectivity index (χ1) is 16.1. The molecule has 0 unspecified atom stereocenters. The van der Waals surface area contributed by atoms with Gasteiger partial charge in [-0.05, 0) is 68.0 Å². The molecular weight excluding hydrogens is 412 g/mol. The van der Waals surface area contributed by atoms with E-state index in [1.807, 2.05) is 10.7 Å². The summed E-state index contributed by atoms with van der Waals surface area (Å²) < 4.78 is 9.52. The average Bonchev–Trinajstić information content (AvgIpc) is 3.50. The highest BCUT2D eigenvalue weighted by atomic mass is 16.5. The number of aryl methyl sites for hydroxylation is 1. The van der Waals surface area contributed by atoms with E-state index < -0.39 is 0 Å². The van der Waals surface area contributed by atoms with Gasteiger partial charge < -0.3 is 10.1 Å². The molecule has 2 heterocycles. The average molecular weight is 443 g/mol. The Labute approximate surface area is 194 Å². The Bertz CT molecular complexity index is 1240. The van der Waals surface area contributed by atoms with Crippen LogP contribution in [0.2, 0.25) is 0 Å². The lowest BCUT2D eigenvalue weighted by Crippen LogP contribution is -2.25. The molecule has 170 valence electrons. The van der Waals surface area contributed by atoms with Gasteiger partial charge in [-0.25, -0.2) is 14.3 Å². The standard InChI is InChI=1S/C26H30N6O/c1-18-6-4-8-24(19(18)2)32-25-9-5-7-23(22(25)14-29-32)28-13-20-10-11-26(33-3)21(12-20)15-31-17-27-16-30-31/h4,6,8,10-12,14,16-17,23,28H,5,7,9,13,15H2,1-3H3/t23-/m0/s1. The van der Waals surface area contributed by atoms with Crippen molar-refractivity contribution in [3.8, 4) is 11.4 Å². The van der Waals surface area contributed by atoms with Crippen LogP contribution in [0.1, 0.15) is 52.4 Å². The van der Waals surface area contributed by atoms with Gasteiger partial charge in [0.15, 0.2) is 0 Å². The SMILES string of the molecule is COc1ccc(CN[C@H]2CCCc3c2cnn3-c2cccc(C)c2C)cc1Cn1cncn1. The number of nitrogens with one attached hydrogen (secondary N) is 1. The quantitative estimate of drug-likeness (QED) is 0.462. The maximum atomic E-state index is 5.56. The highest BCUT2D eigenvalue weighted by Gasteiger charge is 2.25. The lowest BCUT2D eigenvalue weighted by molar-refractivity contribution is 0.406. The first kappa shape index (κ1) is 21.4. The number of ether oxygens (including phenoxy) is 1. The van der Waals surface area contributed by atoms with Crippen LogP contribution in [0.3, 0.4) is 0 Å². The summed E-state index contributed by atoms with van der Waals surface area (Å²) in [5.74, 6) is 0.865. The number of benzene rings is 2. The third-order valence-corrected chi connectivity index (χ3v) is 6.68. The van der Waals surface area contributed by atoms with E-state index in [9.17, 15) is 0 Å². The minimum atomic E-state index is 0.300. The van der Waals surface area contributed by atoms with Crippen molar-refractivity contribution < 1.29 is 4.74 Å². The number of hydrogen-bond acceptors (Lipinski definition) is 5. The zero-order chi connectivity index (χ0) is 22.8. The van der Waals surface area contributed by atoms with E-state index >= 15 is 0 Å². The molecule has 2 aromatic heterocycles. The van der Waals surface area contributed by atoms with Gasteiger partial charge in [0.05, 0.1) is 25.5 Å². The molecule has 0 amide bonds. The normalized spacial score (nSPS) is 15.4. The Hall–Kier alpha value is -3.45. The highest BCUT2D eigenvalue weighted by Crippen LogP contribution is 2.32. The van der Waals surface area contributed by atoms with E-state index in [-0.39, 0.29) is 0 Å². The van der Waals surface area contributed by atoms with Crippen molar-refractivity contribution in [1.29, 1.82) is 0 Å². The summed E-state index contributed by atoms with van der Waals surface area (Å²) in [6.07, 6.45) is 8.66. The Balaban J connectivity index is 1.35. The van der Waals surface area contributed by atoms with E-state index in [4.69, 9.17) is 9.84 Å². The van der Waals surface area contributed by atoms with E-state index in [2.05, 4.69) is 70.5 Å². The lowest BCUT2D eigenvalue weighted by Gasteiger charge is -2.25. The minimum absolute atomic E-state index is 0.300. The van der Waals surface area contributed by atoms with Gasteiger partial charge in [-0.15, -0.1) is 0 Å². The molecule has 0 spiro atoms. The van der Waals surface area contributed by atoms with Crippen LogP contribution in [0, 0.1) is 13.8 Å². The molecule has 7 heteroatoms. The first-order valence-electron chi connectivity index (χ1n) is 11.5. The molecule has 7 nitrogen and oxygen atoms in total. The molecule has 1 aliphatic rings. The molecule has 0 radical (unpaired) electrons. The van der Waals surface area contributed by atoms with Crippen molar-refractivity contribution in [2.24, 2.45) is 0 Å². The zero-order valence-electron chi connectivity index (χ0n) is 19.5. The fourth-order valence-corrected chi connectivity index (χ4v) is 4.74. The predicted octanol–water partition coefficient (Wildman–Crippen LogP) is 4.30. The van der Waals surface area contributed by atoms with Crippen molar-refractivity contribution >= 4 is 0 Å². The van der Waals surface area contributed by atoms with Gasteiger partial charge in [-0.1, -0.05) is 18.2 Å². The van der Waals surface area contributed by atoms with E-state index in [0.29, 0.717) is 12.6 Å². The molecule has 1 atom stereocenters. The third-order valence-electron chi connectivity index (χ3n) is 6.68. The maximum Gasteiger partial charge on any atom is 0.137 e. The molecule has 0 saturated carbocycles. The van der Waals surface area contributed by atoms with Gasteiger partial charge in [0.25, 0.3) is 0 Å². The molecule has 1 aliphatic carbocycles. The van der Waals surface area contributed by atoms with Gasteiger partial charge in [0.1, 0.15) is 18.4 Å². The molecule has 5 rings (SSSR count). The Morgan fingerprint density at radius 1 is 1.15 bits per heavy atom. The first-order valence-corrected chi connectivity index (χ1v) is 11.5. The lowest BCUT2D eigenvalue weighted by atomic mass is 9.92. The molecule has 1 N–H and O–H groups in total. The van der Waals surface area contributed by atoms with Crippen LogP contribution in [0.15, 0.2) is 55.2 Å². The summed E-state index contributed by atoms with van der Waals surface area (Å²) in [6.45, 7) is 5.75. The summed E-state index contributed by atoms with van der Waals surface area (Å²) in [7, 11) is 1.70. The van der Waals surface area contributed by atoms with Gasteiger partial charge in [0, 0.05) is 29.4 Å². The second kappa shape index (κ2) is 9.19. The second-order valence-electron chi connectivity index (χ2n) is 8.74. The molecule has 0 bridgehead atoms. The van der Waals surface area contributed by atoms with Crippen molar-refractivity contribution in [2.75, 3.05) is 7.11 Å². The monoisotopic (exact) mass is 442 g/mol.